The molecule has 2 fully saturated rings. The van der Waals surface area contributed by atoms with Crippen LogP contribution < -0.4 is 5.32 Å². The number of carbonyl (C=O) groups excluding carboxylic acids is 1. The number of aromatic nitrogens is 2. The maximum absolute atomic E-state index is 12.8. The Morgan fingerprint density at radius 3 is 2.50 bits per heavy atom. The lowest BCUT2D eigenvalue weighted by atomic mass is 10.1. The van der Waals surface area contributed by atoms with Crippen LogP contribution in [0.1, 0.15) is 42.6 Å². The standard InChI is InChI=1S/C19H22N4O/c24-19(23-11-5-2-6-12-23)16-13-17(20-15-9-10-15)22-18(21-16)14-7-3-1-4-8-14/h1,3-4,7-8,13,15H,2,5-6,9-12H2,(H,20,21,22). The van der Waals surface area contributed by atoms with Gasteiger partial charge in [-0.1, -0.05) is 30.3 Å². The number of rotatable bonds is 4. The molecule has 5 nitrogen and oxygen atoms in total. The molecule has 24 heavy (non-hydrogen) atoms. The van der Waals surface area contributed by atoms with E-state index >= 15 is 0 Å². The first-order chi connectivity index (χ1) is 11.8. The molecule has 2 aliphatic rings. The van der Waals surface area contributed by atoms with Gasteiger partial charge in [-0.3, -0.25) is 4.79 Å². The fraction of sp³-hybridized carbons (Fsp3) is 0.421. The van der Waals surface area contributed by atoms with Gasteiger partial charge in [-0.25, -0.2) is 9.97 Å². The Labute approximate surface area is 142 Å². The molecular formula is C19H22N4O. The quantitative estimate of drug-likeness (QED) is 0.938. The molecule has 1 aliphatic carbocycles. The smallest absolute Gasteiger partial charge is 0.272 e. The number of amides is 1. The lowest BCUT2D eigenvalue weighted by molar-refractivity contribution is 0.0718. The number of piperidine rings is 1. The predicted molar refractivity (Wildman–Crippen MR) is 93.9 cm³/mol. The molecule has 4 rings (SSSR count). The molecule has 124 valence electrons. The molecule has 2 aromatic rings. The highest BCUT2D eigenvalue weighted by atomic mass is 16.2. The van der Waals surface area contributed by atoms with Crippen LogP contribution in [0.25, 0.3) is 11.4 Å². The van der Waals surface area contributed by atoms with Gasteiger partial charge in [0.25, 0.3) is 5.91 Å². The molecule has 1 saturated heterocycles. The van der Waals surface area contributed by atoms with Crippen molar-refractivity contribution >= 4 is 11.7 Å². The van der Waals surface area contributed by atoms with Crippen molar-refractivity contribution in [3.63, 3.8) is 0 Å². The predicted octanol–water partition coefficient (Wildman–Crippen LogP) is 3.34. The van der Waals surface area contributed by atoms with E-state index in [0.29, 0.717) is 17.6 Å². The molecular weight excluding hydrogens is 300 g/mol. The van der Waals surface area contributed by atoms with Gasteiger partial charge in [0, 0.05) is 30.8 Å². The molecule has 1 N–H and O–H groups in total. The minimum absolute atomic E-state index is 0.0214. The summed E-state index contributed by atoms with van der Waals surface area (Å²) in [6, 6.07) is 12.1. The number of likely N-dealkylation sites (tertiary alicyclic amines) is 1. The second-order valence-corrected chi connectivity index (χ2v) is 6.60. The van der Waals surface area contributed by atoms with E-state index in [1.807, 2.05) is 41.3 Å². The van der Waals surface area contributed by atoms with Crippen molar-refractivity contribution in [1.29, 1.82) is 0 Å². The van der Waals surface area contributed by atoms with E-state index < -0.39 is 0 Å². The summed E-state index contributed by atoms with van der Waals surface area (Å²) in [5.41, 5.74) is 1.43. The van der Waals surface area contributed by atoms with Gasteiger partial charge in [-0.2, -0.15) is 0 Å². The average Bonchev–Trinajstić information content (AvgIpc) is 3.46. The summed E-state index contributed by atoms with van der Waals surface area (Å²) in [6.45, 7) is 1.66. The molecule has 1 aromatic carbocycles. The molecule has 0 atom stereocenters. The Balaban J connectivity index is 1.67. The van der Waals surface area contributed by atoms with Gasteiger partial charge in [0.15, 0.2) is 5.82 Å². The fourth-order valence-corrected chi connectivity index (χ4v) is 3.04. The summed E-state index contributed by atoms with van der Waals surface area (Å²) in [6.07, 6.45) is 5.70. The van der Waals surface area contributed by atoms with Crippen molar-refractivity contribution in [1.82, 2.24) is 14.9 Å². The van der Waals surface area contributed by atoms with Crippen molar-refractivity contribution < 1.29 is 4.79 Å². The van der Waals surface area contributed by atoms with E-state index in [0.717, 1.165) is 37.3 Å². The highest BCUT2D eigenvalue weighted by Gasteiger charge is 2.24. The van der Waals surface area contributed by atoms with Gasteiger partial charge in [0.05, 0.1) is 0 Å². The number of carbonyl (C=O) groups is 1. The molecule has 1 aliphatic heterocycles. The molecule has 2 heterocycles. The molecule has 0 spiro atoms. The molecule has 1 aromatic heterocycles. The number of nitrogens with zero attached hydrogens (tertiary/aromatic N) is 3. The normalized spacial score (nSPS) is 17.6. The first kappa shape index (κ1) is 15.1. The second-order valence-electron chi connectivity index (χ2n) is 6.60. The fourth-order valence-electron chi connectivity index (χ4n) is 3.04. The lowest BCUT2D eigenvalue weighted by Gasteiger charge is -2.26. The second kappa shape index (κ2) is 6.59. The van der Waals surface area contributed by atoms with E-state index in [-0.39, 0.29) is 5.91 Å². The summed E-state index contributed by atoms with van der Waals surface area (Å²) in [5, 5.41) is 3.40. The molecule has 0 bridgehead atoms. The third-order valence-corrected chi connectivity index (χ3v) is 4.55. The maximum Gasteiger partial charge on any atom is 0.272 e. The van der Waals surface area contributed by atoms with Crippen LogP contribution in [0.15, 0.2) is 36.4 Å². The first-order valence-corrected chi connectivity index (χ1v) is 8.80. The highest BCUT2D eigenvalue weighted by molar-refractivity contribution is 5.93. The van der Waals surface area contributed by atoms with Crippen LogP contribution >= 0.6 is 0 Å². The number of benzene rings is 1. The molecule has 5 heteroatoms. The van der Waals surface area contributed by atoms with Crippen LogP contribution in [0.3, 0.4) is 0 Å². The minimum Gasteiger partial charge on any atom is -0.367 e. The lowest BCUT2D eigenvalue weighted by Crippen LogP contribution is -2.36. The largest absolute Gasteiger partial charge is 0.367 e. The van der Waals surface area contributed by atoms with Crippen molar-refractivity contribution in [2.75, 3.05) is 18.4 Å². The zero-order chi connectivity index (χ0) is 16.4. The average molecular weight is 322 g/mol. The highest BCUT2D eigenvalue weighted by Crippen LogP contribution is 2.26. The molecule has 0 unspecified atom stereocenters. The molecule has 1 saturated carbocycles. The van der Waals surface area contributed by atoms with Crippen molar-refractivity contribution in [2.45, 2.75) is 38.1 Å². The van der Waals surface area contributed by atoms with E-state index in [9.17, 15) is 4.79 Å². The SMILES string of the molecule is O=C(c1cc(NC2CC2)nc(-c2ccccc2)n1)N1CCCCC1. The Bertz CT molecular complexity index is 721. The van der Waals surface area contributed by atoms with E-state index in [4.69, 9.17) is 0 Å². The van der Waals surface area contributed by atoms with Gasteiger partial charge >= 0.3 is 0 Å². The maximum atomic E-state index is 12.8. The van der Waals surface area contributed by atoms with Crippen LogP contribution in [-0.4, -0.2) is 39.9 Å². The molecule has 0 radical (unpaired) electrons. The van der Waals surface area contributed by atoms with E-state index in [1.54, 1.807) is 0 Å². The Hall–Kier alpha value is -2.43. The van der Waals surface area contributed by atoms with Crippen molar-refractivity contribution in [2.24, 2.45) is 0 Å². The van der Waals surface area contributed by atoms with Crippen LogP contribution in [-0.2, 0) is 0 Å². The van der Waals surface area contributed by atoms with Crippen molar-refractivity contribution in [3.8, 4) is 11.4 Å². The summed E-state index contributed by atoms with van der Waals surface area (Å²) < 4.78 is 0. The third-order valence-electron chi connectivity index (χ3n) is 4.55. The number of hydrogen-bond donors (Lipinski definition) is 1. The summed E-state index contributed by atoms with van der Waals surface area (Å²) >= 11 is 0. The van der Waals surface area contributed by atoms with Crippen LogP contribution in [0.5, 0.6) is 0 Å². The third kappa shape index (κ3) is 3.40. The summed E-state index contributed by atoms with van der Waals surface area (Å²) in [4.78, 5) is 23.9. The van der Waals surface area contributed by atoms with E-state index in [1.165, 1.54) is 19.3 Å². The Morgan fingerprint density at radius 2 is 1.79 bits per heavy atom. The van der Waals surface area contributed by atoms with Crippen molar-refractivity contribution in [3.05, 3.63) is 42.1 Å². The summed E-state index contributed by atoms with van der Waals surface area (Å²) in [5.74, 6) is 1.39. The molecule has 1 amide bonds. The van der Waals surface area contributed by atoms with Gasteiger partial charge in [-0.05, 0) is 32.1 Å². The monoisotopic (exact) mass is 322 g/mol. The van der Waals surface area contributed by atoms with Crippen LogP contribution in [0.4, 0.5) is 5.82 Å². The number of hydrogen-bond acceptors (Lipinski definition) is 4. The zero-order valence-electron chi connectivity index (χ0n) is 13.7. The Morgan fingerprint density at radius 1 is 1.04 bits per heavy atom. The Kier molecular flexibility index (Phi) is 4.15. The zero-order valence-corrected chi connectivity index (χ0v) is 13.7. The van der Waals surface area contributed by atoms with Crippen LogP contribution in [0, 0.1) is 0 Å². The first-order valence-electron chi connectivity index (χ1n) is 8.80. The van der Waals surface area contributed by atoms with E-state index in [2.05, 4.69) is 15.3 Å². The number of nitrogens with one attached hydrogen (secondary N) is 1. The topological polar surface area (TPSA) is 58.1 Å². The van der Waals surface area contributed by atoms with Gasteiger partial charge in [-0.15, -0.1) is 0 Å². The van der Waals surface area contributed by atoms with Gasteiger partial charge < -0.3 is 10.2 Å². The summed E-state index contributed by atoms with van der Waals surface area (Å²) in [7, 11) is 0. The van der Waals surface area contributed by atoms with Gasteiger partial charge in [0.2, 0.25) is 0 Å². The number of anilines is 1. The minimum atomic E-state index is 0.0214. The van der Waals surface area contributed by atoms with Crippen LogP contribution in [0.2, 0.25) is 0 Å². The van der Waals surface area contributed by atoms with Gasteiger partial charge in [0.1, 0.15) is 11.5 Å².